The average molecular weight is 239 g/mol. The van der Waals surface area contributed by atoms with Gasteiger partial charge in [0.2, 0.25) is 6.79 Å². The Morgan fingerprint density at radius 2 is 1.86 bits per heavy atom. The highest BCUT2D eigenvalue weighted by molar-refractivity contribution is 7.32. The van der Waals surface area contributed by atoms with E-state index in [1.54, 1.807) is 0 Å². The second kappa shape index (κ2) is 7.63. The minimum Gasteiger partial charge on any atom is -0.475 e. The largest absolute Gasteiger partial charge is 0.697 e. The van der Waals surface area contributed by atoms with Crippen molar-refractivity contribution in [3.05, 3.63) is 0 Å². The second-order valence-corrected chi connectivity index (χ2v) is 2.31. The van der Waals surface area contributed by atoms with E-state index in [0.29, 0.717) is 0 Å². The van der Waals surface area contributed by atoms with Crippen LogP contribution in [0, 0.1) is 0 Å². The predicted molar refractivity (Wildman–Crippen MR) is 36.5 cm³/mol. The van der Waals surface area contributed by atoms with Crippen molar-refractivity contribution in [1.29, 1.82) is 0 Å². The minimum atomic E-state index is -5.08. The number of ether oxygens (including phenoxy) is 1. The zero-order valence-electron chi connectivity index (χ0n) is 6.82. The maximum absolute atomic E-state index is 10.6. The van der Waals surface area contributed by atoms with Crippen LogP contribution in [0.1, 0.15) is 0 Å². The van der Waals surface area contributed by atoms with Crippen molar-refractivity contribution in [1.82, 2.24) is 0 Å². The molecule has 0 aliphatic rings. The van der Waals surface area contributed by atoms with E-state index in [2.05, 4.69) is 9.26 Å². The van der Waals surface area contributed by atoms with E-state index in [4.69, 9.17) is 14.8 Å². The first-order valence-corrected chi connectivity index (χ1v) is 3.93. The summed E-state index contributed by atoms with van der Waals surface area (Å²) in [7, 11) is -1.11. The van der Waals surface area contributed by atoms with Gasteiger partial charge in [-0.15, -0.1) is 4.89 Å². The lowest BCUT2D eigenvalue weighted by atomic mass is 10.7. The summed E-state index contributed by atoms with van der Waals surface area (Å²) >= 11 is 0. The summed E-state index contributed by atoms with van der Waals surface area (Å²) < 4.78 is 49.7. The van der Waals surface area contributed by atoms with E-state index < -0.39 is 20.4 Å². The first-order valence-electron chi connectivity index (χ1n) is 2.80. The fraction of sp³-hybridized carbons (Fsp3) is 0.750. The highest BCUT2D eigenvalue weighted by Gasteiger charge is 2.38. The maximum atomic E-state index is 10.6. The molecule has 6 nitrogen and oxygen atoms in total. The normalized spacial score (nSPS) is 11.4. The number of hydrogen-bond donors (Lipinski definition) is 2. The smallest absolute Gasteiger partial charge is 0.475 e. The molecule has 0 aromatic heterocycles. The minimum absolute atomic E-state index is 0.133. The van der Waals surface area contributed by atoms with Gasteiger partial charge in [-0.2, -0.15) is 13.2 Å². The Kier molecular flexibility index (Phi) is 8.55. The lowest BCUT2D eigenvalue weighted by molar-refractivity contribution is -0.192. The van der Waals surface area contributed by atoms with Crippen LogP contribution in [-0.2, 0) is 18.6 Å². The summed E-state index contributed by atoms with van der Waals surface area (Å²) in [6.07, 6.45) is -5.08. The summed E-state index contributed by atoms with van der Waals surface area (Å²) in [5, 5.41) is 7.12. The van der Waals surface area contributed by atoms with Gasteiger partial charge in [0.1, 0.15) is 0 Å². The number of hydrogen-bond acceptors (Lipinski definition) is 4. The maximum Gasteiger partial charge on any atom is 0.697 e. The molecule has 84 valence electrons. The zero-order chi connectivity index (χ0) is 11.8. The Bertz CT molecular complexity index is 192. The van der Waals surface area contributed by atoms with Gasteiger partial charge in [-0.1, -0.05) is 4.52 Å². The standard InChI is InChI=1S/C2HF3O2.C2H5O4P/c3-2(4,5)1(6)7;1-5-2-6-7(3)4/h(H,6,7);2H2,1H3/p+1. The number of rotatable bonds is 3. The van der Waals surface area contributed by atoms with Gasteiger partial charge in [0.15, 0.2) is 0 Å². The summed E-state index contributed by atoms with van der Waals surface area (Å²) in [4.78, 5) is 16.8. The number of methoxy groups -OCH3 is 1. The van der Waals surface area contributed by atoms with Crippen molar-refractivity contribution < 1.29 is 41.8 Å². The van der Waals surface area contributed by atoms with Crippen LogP contribution in [0.5, 0.6) is 0 Å². The second-order valence-electron chi connectivity index (χ2n) is 1.58. The van der Waals surface area contributed by atoms with Crippen molar-refractivity contribution >= 4 is 14.2 Å². The van der Waals surface area contributed by atoms with Crippen LogP contribution in [-0.4, -0.2) is 36.0 Å². The van der Waals surface area contributed by atoms with E-state index in [0.717, 1.165) is 0 Å². The fourth-order valence-corrected chi connectivity index (χ4v) is 0.293. The van der Waals surface area contributed by atoms with Crippen molar-refractivity contribution in [2.75, 3.05) is 13.9 Å². The number of carboxylic acids is 1. The molecule has 0 saturated carbocycles. The molecule has 10 heteroatoms. The van der Waals surface area contributed by atoms with Gasteiger partial charge in [-0.3, -0.25) is 0 Å². The van der Waals surface area contributed by atoms with E-state index in [9.17, 15) is 17.7 Å². The van der Waals surface area contributed by atoms with Crippen LogP contribution in [0.4, 0.5) is 13.2 Å². The predicted octanol–water partition coefficient (Wildman–Crippen LogP) is 0.890. The zero-order valence-corrected chi connectivity index (χ0v) is 7.71. The lowest BCUT2D eigenvalue weighted by Gasteiger charge is -1.93. The number of carbonyl (C=O) groups is 1. The molecular weight excluding hydrogens is 232 g/mol. The molecule has 0 radical (unpaired) electrons. The lowest BCUT2D eigenvalue weighted by Crippen LogP contribution is -2.21. The van der Waals surface area contributed by atoms with Gasteiger partial charge >= 0.3 is 20.4 Å². The molecule has 0 bridgehead atoms. The molecule has 0 saturated heterocycles. The van der Waals surface area contributed by atoms with Crippen molar-refractivity contribution in [3.63, 3.8) is 0 Å². The first-order chi connectivity index (χ1) is 6.21. The number of halogens is 3. The van der Waals surface area contributed by atoms with Gasteiger partial charge in [0.05, 0.1) is 0 Å². The summed E-state index contributed by atoms with van der Waals surface area (Å²) in [6.45, 7) is -0.133. The topological polar surface area (TPSA) is 93.1 Å². The molecule has 1 atom stereocenters. The quantitative estimate of drug-likeness (QED) is 0.561. The molecule has 0 fully saturated rings. The van der Waals surface area contributed by atoms with E-state index in [1.165, 1.54) is 7.11 Å². The Balaban J connectivity index is 0. The molecule has 0 aliphatic heterocycles. The average Bonchev–Trinajstić information content (AvgIpc) is 2.00. The van der Waals surface area contributed by atoms with Crippen LogP contribution in [0.2, 0.25) is 0 Å². The fourth-order valence-electron chi connectivity index (χ4n) is 0.0978. The summed E-state index contributed by atoms with van der Waals surface area (Å²) in [6, 6.07) is 0. The van der Waals surface area contributed by atoms with Gasteiger partial charge < -0.3 is 9.84 Å². The Morgan fingerprint density at radius 3 is 1.93 bits per heavy atom. The highest BCUT2D eigenvalue weighted by atomic mass is 31.1. The third-order valence-corrected chi connectivity index (χ3v) is 0.850. The third-order valence-electron chi connectivity index (χ3n) is 0.523. The molecular formula is C4H7F3O6P+. The van der Waals surface area contributed by atoms with Crippen LogP contribution in [0.15, 0.2) is 0 Å². The van der Waals surface area contributed by atoms with Gasteiger partial charge in [-0.25, -0.2) is 4.79 Å². The molecule has 0 rings (SSSR count). The van der Waals surface area contributed by atoms with Crippen LogP contribution in [0.25, 0.3) is 0 Å². The Labute approximate surface area is 77.2 Å². The van der Waals surface area contributed by atoms with Gasteiger partial charge in [0, 0.05) is 11.7 Å². The SMILES string of the molecule is COCO[P+](=O)O.O=C(O)C(F)(F)F. The molecule has 0 heterocycles. The molecule has 0 aromatic carbocycles. The van der Waals surface area contributed by atoms with E-state index >= 15 is 0 Å². The van der Waals surface area contributed by atoms with Crippen LogP contribution >= 0.6 is 8.25 Å². The number of aliphatic carboxylic acids is 1. The molecule has 0 aliphatic carbocycles. The number of alkyl halides is 3. The monoisotopic (exact) mass is 239 g/mol. The van der Waals surface area contributed by atoms with E-state index in [-0.39, 0.29) is 6.79 Å². The van der Waals surface area contributed by atoms with Crippen LogP contribution < -0.4 is 0 Å². The van der Waals surface area contributed by atoms with Crippen molar-refractivity contribution in [2.24, 2.45) is 0 Å². The van der Waals surface area contributed by atoms with Gasteiger partial charge in [0.25, 0.3) is 0 Å². The molecule has 0 spiro atoms. The highest BCUT2D eigenvalue weighted by Crippen LogP contribution is 2.13. The molecule has 0 amide bonds. The molecule has 2 N–H and O–H groups in total. The number of carboxylic acid groups (broad SMARTS) is 1. The molecule has 14 heavy (non-hydrogen) atoms. The van der Waals surface area contributed by atoms with Gasteiger partial charge in [-0.05, 0) is 0 Å². The first kappa shape index (κ1) is 15.7. The van der Waals surface area contributed by atoms with Crippen molar-refractivity contribution in [2.45, 2.75) is 6.18 Å². The Morgan fingerprint density at radius 1 is 1.50 bits per heavy atom. The molecule has 1 unspecified atom stereocenters. The third kappa shape index (κ3) is 13.8. The Hall–Kier alpha value is -0.760. The molecule has 0 aromatic rings. The van der Waals surface area contributed by atoms with Crippen molar-refractivity contribution in [3.8, 4) is 0 Å². The summed E-state index contributed by atoms with van der Waals surface area (Å²) in [5.74, 6) is -2.76. The van der Waals surface area contributed by atoms with Crippen LogP contribution in [0.3, 0.4) is 0 Å². The van der Waals surface area contributed by atoms with E-state index in [1.807, 2.05) is 0 Å². The summed E-state index contributed by atoms with van der Waals surface area (Å²) in [5.41, 5.74) is 0.